The van der Waals surface area contributed by atoms with Gasteiger partial charge in [-0.25, -0.2) is 0 Å². The molecule has 0 unspecified atom stereocenters. The minimum Gasteiger partial charge on any atom is -0.269 e. The fraction of sp³-hybridized carbons (Fsp3) is 0.800. The Morgan fingerprint density at radius 2 is 2.12 bits per heavy atom. The first-order chi connectivity index (χ1) is 3.66. The van der Waals surface area contributed by atoms with Crippen LogP contribution in [0.5, 0.6) is 0 Å². The zero-order valence-corrected chi connectivity index (χ0v) is 5.05. The van der Waals surface area contributed by atoms with Crippen molar-refractivity contribution in [1.29, 1.82) is 0 Å². The monoisotopic (exact) mass is 115 g/mol. The van der Waals surface area contributed by atoms with E-state index in [4.69, 9.17) is 0 Å². The second-order valence-corrected chi connectivity index (χ2v) is 2.08. The van der Waals surface area contributed by atoms with Crippen LogP contribution < -0.4 is 0 Å². The molecule has 0 fully saturated rings. The molecule has 0 heterocycles. The molecular formula is C5H9NO2. The van der Waals surface area contributed by atoms with Gasteiger partial charge in [-0.15, -0.1) is 4.91 Å². The first-order valence-corrected chi connectivity index (χ1v) is 2.53. The maximum atomic E-state index is 10.1. The number of nitrogens with zero attached hydrogens (tertiary/aromatic N) is 1. The van der Waals surface area contributed by atoms with Crippen LogP contribution in [0.25, 0.3) is 0 Å². The second-order valence-electron chi connectivity index (χ2n) is 2.08. The van der Waals surface area contributed by atoms with Gasteiger partial charge in [-0.2, -0.15) is 0 Å². The highest BCUT2D eigenvalue weighted by molar-refractivity contribution is 5.76. The van der Waals surface area contributed by atoms with Gasteiger partial charge >= 0.3 is 0 Å². The van der Waals surface area contributed by atoms with E-state index in [0.717, 1.165) is 0 Å². The Balaban J connectivity index is 3.39. The molecule has 0 N–H and O–H groups in total. The zero-order valence-electron chi connectivity index (χ0n) is 5.05. The Morgan fingerprint density at radius 3 is 2.25 bits per heavy atom. The van der Waals surface area contributed by atoms with Crippen LogP contribution in [-0.4, -0.2) is 5.91 Å². The van der Waals surface area contributed by atoms with E-state index in [1.165, 1.54) is 0 Å². The minimum atomic E-state index is -0.556. The van der Waals surface area contributed by atoms with E-state index in [2.05, 4.69) is 5.18 Å². The third kappa shape index (κ3) is 3.46. The standard InChI is InChI=1S/C5H9NO2/c1-4(2)3-5(7)6-8/h4H,3H2,1-2H3. The lowest BCUT2D eigenvalue weighted by atomic mass is 10.1. The summed E-state index contributed by atoms with van der Waals surface area (Å²) >= 11 is 0. The zero-order chi connectivity index (χ0) is 6.57. The summed E-state index contributed by atoms with van der Waals surface area (Å²) < 4.78 is 0. The lowest BCUT2D eigenvalue weighted by molar-refractivity contribution is -0.118. The van der Waals surface area contributed by atoms with Gasteiger partial charge in [-0.05, 0) is 5.92 Å². The molecule has 3 nitrogen and oxygen atoms in total. The molecule has 0 aliphatic carbocycles. The van der Waals surface area contributed by atoms with Crippen molar-refractivity contribution < 1.29 is 4.79 Å². The van der Waals surface area contributed by atoms with Gasteiger partial charge in [-0.3, -0.25) is 4.79 Å². The Morgan fingerprint density at radius 1 is 1.62 bits per heavy atom. The summed E-state index contributed by atoms with van der Waals surface area (Å²) in [5, 5.41) is 2.24. The topological polar surface area (TPSA) is 46.5 Å². The van der Waals surface area contributed by atoms with Crippen LogP contribution in [0, 0.1) is 10.8 Å². The Kier molecular flexibility index (Phi) is 2.99. The fourth-order valence-electron chi connectivity index (χ4n) is 0.387. The number of carbonyl (C=O) groups is 1. The van der Waals surface area contributed by atoms with E-state index in [0.29, 0.717) is 0 Å². The molecule has 0 atom stereocenters. The van der Waals surface area contributed by atoms with Gasteiger partial charge in [0, 0.05) is 11.6 Å². The molecular weight excluding hydrogens is 106 g/mol. The normalized spacial score (nSPS) is 9.38. The summed E-state index contributed by atoms with van der Waals surface area (Å²) in [4.78, 5) is 19.6. The van der Waals surface area contributed by atoms with E-state index in [-0.39, 0.29) is 12.3 Å². The van der Waals surface area contributed by atoms with Gasteiger partial charge in [-0.1, -0.05) is 13.8 Å². The number of rotatable bonds is 2. The molecule has 0 aromatic rings. The fourth-order valence-corrected chi connectivity index (χ4v) is 0.387. The smallest absolute Gasteiger partial charge is 0.269 e. The van der Waals surface area contributed by atoms with Gasteiger partial charge in [0.05, 0.1) is 0 Å². The molecule has 0 aliphatic heterocycles. The Hall–Kier alpha value is -0.730. The molecule has 0 rings (SSSR count). The third-order valence-corrected chi connectivity index (χ3v) is 0.685. The largest absolute Gasteiger partial charge is 0.286 e. The van der Waals surface area contributed by atoms with Crippen molar-refractivity contribution in [1.82, 2.24) is 0 Å². The molecule has 1 amide bonds. The summed E-state index contributed by atoms with van der Waals surface area (Å²) in [5.41, 5.74) is 0. The maximum Gasteiger partial charge on any atom is 0.286 e. The molecule has 0 aromatic carbocycles. The van der Waals surface area contributed by atoms with E-state index >= 15 is 0 Å². The van der Waals surface area contributed by atoms with Crippen LogP contribution in [-0.2, 0) is 4.79 Å². The van der Waals surface area contributed by atoms with Crippen LogP contribution in [0.3, 0.4) is 0 Å². The summed E-state index contributed by atoms with van der Waals surface area (Å²) in [6, 6.07) is 0. The first-order valence-electron chi connectivity index (χ1n) is 2.53. The Labute approximate surface area is 48.1 Å². The molecule has 0 saturated heterocycles. The van der Waals surface area contributed by atoms with Gasteiger partial charge in [0.1, 0.15) is 0 Å². The lowest BCUT2D eigenvalue weighted by Crippen LogP contribution is -1.97. The average molecular weight is 115 g/mol. The molecule has 0 radical (unpaired) electrons. The highest BCUT2D eigenvalue weighted by Crippen LogP contribution is 1.99. The van der Waals surface area contributed by atoms with Crippen molar-refractivity contribution in [3.8, 4) is 0 Å². The van der Waals surface area contributed by atoms with Crippen LogP contribution in [0.15, 0.2) is 5.18 Å². The van der Waals surface area contributed by atoms with E-state index in [9.17, 15) is 9.70 Å². The summed E-state index contributed by atoms with van der Waals surface area (Å²) in [6.07, 6.45) is 0.267. The van der Waals surface area contributed by atoms with Crippen LogP contribution in [0.2, 0.25) is 0 Å². The number of hydrogen-bond acceptors (Lipinski definition) is 2. The highest BCUT2D eigenvalue weighted by Gasteiger charge is 2.02. The molecule has 0 saturated carbocycles. The lowest BCUT2D eigenvalue weighted by Gasteiger charge is -1.93. The molecule has 0 aromatic heterocycles. The van der Waals surface area contributed by atoms with Crippen molar-refractivity contribution in [3.63, 3.8) is 0 Å². The van der Waals surface area contributed by atoms with Crippen molar-refractivity contribution in [2.45, 2.75) is 20.3 Å². The van der Waals surface area contributed by atoms with Gasteiger partial charge in [0.2, 0.25) is 0 Å². The van der Waals surface area contributed by atoms with Crippen LogP contribution >= 0.6 is 0 Å². The SMILES string of the molecule is CC(C)CC(=O)N=O. The van der Waals surface area contributed by atoms with Crippen molar-refractivity contribution in [2.75, 3.05) is 0 Å². The third-order valence-electron chi connectivity index (χ3n) is 0.685. The molecule has 46 valence electrons. The summed E-state index contributed by atoms with van der Waals surface area (Å²) in [7, 11) is 0. The van der Waals surface area contributed by atoms with Crippen molar-refractivity contribution >= 4 is 5.91 Å². The van der Waals surface area contributed by atoms with Crippen LogP contribution in [0.4, 0.5) is 0 Å². The summed E-state index contributed by atoms with van der Waals surface area (Å²) in [5.74, 6) is -0.319. The highest BCUT2D eigenvalue weighted by atomic mass is 16.3. The Bertz CT molecular complexity index is 98.6. The average Bonchev–Trinajstić information content (AvgIpc) is 1.65. The van der Waals surface area contributed by atoms with Gasteiger partial charge < -0.3 is 0 Å². The van der Waals surface area contributed by atoms with E-state index < -0.39 is 5.91 Å². The second kappa shape index (κ2) is 3.29. The van der Waals surface area contributed by atoms with Crippen molar-refractivity contribution in [2.24, 2.45) is 11.1 Å². The maximum absolute atomic E-state index is 10.1. The predicted molar refractivity (Wildman–Crippen MR) is 30.3 cm³/mol. The van der Waals surface area contributed by atoms with Gasteiger partial charge in [0.15, 0.2) is 0 Å². The molecule has 0 aliphatic rings. The van der Waals surface area contributed by atoms with Crippen molar-refractivity contribution in [3.05, 3.63) is 4.91 Å². The quantitative estimate of drug-likeness (QED) is 0.509. The minimum absolute atomic E-state index is 0.236. The molecule has 3 heteroatoms. The number of amides is 1. The number of nitroso groups, excluding NO2 is 1. The number of hydrogen-bond donors (Lipinski definition) is 0. The van der Waals surface area contributed by atoms with E-state index in [1.807, 2.05) is 13.8 Å². The first kappa shape index (κ1) is 7.27. The van der Waals surface area contributed by atoms with Gasteiger partial charge in [0.25, 0.3) is 5.91 Å². The van der Waals surface area contributed by atoms with E-state index in [1.54, 1.807) is 0 Å². The van der Waals surface area contributed by atoms with Crippen LogP contribution in [0.1, 0.15) is 20.3 Å². The molecule has 8 heavy (non-hydrogen) atoms. The number of carbonyl (C=O) groups excluding carboxylic acids is 1. The predicted octanol–water partition coefficient (Wildman–Crippen LogP) is 1.33. The molecule has 0 bridgehead atoms. The summed E-state index contributed by atoms with van der Waals surface area (Å²) in [6.45, 7) is 3.73. The molecule has 0 spiro atoms.